The first-order valence-corrected chi connectivity index (χ1v) is 7.74. The van der Waals surface area contributed by atoms with Gasteiger partial charge in [0.2, 0.25) is 0 Å². The second-order valence-corrected chi connectivity index (χ2v) is 5.89. The fourth-order valence-corrected chi connectivity index (χ4v) is 2.36. The fourth-order valence-electron chi connectivity index (χ4n) is 1.85. The third-order valence-electron chi connectivity index (χ3n) is 3.06. The van der Waals surface area contributed by atoms with Gasteiger partial charge in [0.05, 0.1) is 6.61 Å². The Bertz CT molecular complexity index is 382. The molecule has 1 aromatic rings. The van der Waals surface area contributed by atoms with Crippen LogP contribution in [0.25, 0.3) is 0 Å². The van der Waals surface area contributed by atoms with Crippen molar-refractivity contribution in [2.45, 2.75) is 27.2 Å². The largest absolute Gasteiger partial charge is 0.490 e. The van der Waals surface area contributed by atoms with Gasteiger partial charge in [-0.05, 0) is 30.9 Å². The smallest absolute Gasteiger partial charge is 0.161 e. The van der Waals surface area contributed by atoms with Crippen molar-refractivity contribution in [3.05, 3.63) is 24.3 Å². The molecule has 0 bridgehead atoms. The van der Waals surface area contributed by atoms with Gasteiger partial charge < -0.3 is 14.8 Å². The Morgan fingerprint density at radius 1 is 1.15 bits per heavy atom. The van der Waals surface area contributed by atoms with Crippen molar-refractivity contribution in [2.75, 3.05) is 32.2 Å². The molecule has 0 heterocycles. The minimum absolute atomic E-state index is 0.227. The molecular formula is C16H26ClNO2. The van der Waals surface area contributed by atoms with E-state index in [1.54, 1.807) is 0 Å². The summed E-state index contributed by atoms with van der Waals surface area (Å²) in [6, 6.07) is 7.76. The molecule has 0 fully saturated rings. The Kier molecular flexibility index (Phi) is 7.78. The molecule has 0 unspecified atom stereocenters. The van der Waals surface area contributed by atoms with Crippen LogP contribution in [-0.4, -0.2) is 32.2 Å². The third kappa shape index (κ3) is 6.49. The topological polar surface area (TPSA) is 30.5 Å². The lowest BCUT2D eigenvalue weighted by Gasteiger charge is -2.24. The fraction of sp³-hybridized carbons (Fsp3) is 0.625. The highest BCUT2D eigenvalue weighted by atomic mass is 35.5. The van der Waals surface area contributed by atoms with Crippen LogP contribution in [0.15, 0.2) is 24.3 Å². The lowest BCUT2D eigenvalue weighted by molar-refractivity contribution is 0.264. The minimum atomic E-state index is 0.227. The van der Waals surface area contributed by atoms with Crippen molar-refractivity contribution in [2.24, 2.45) is 5.41 Å². The van der Waals surface area contributed by atoms with Crippen molar-refractivity contribution in [1.82, 2.24) is 5.32 Å². The molecule has 1 N–H and O–H groups in total. The zero-order chi connectivity index (χ0) is 14.8. The highest BCUT2D eigenvalue weighted by Crippen LogP contribution is 2.26. The quantitative estimate of drug-likeness (QED) is 0.528. The average Bonchev–Trinajstić information content (AvgIpc) is 2.40. The van der Waals surface area contributed by atoms with Crippen LogP contribution in [0, 0.1) is 5.41 Å². The van der Waals surface area contributed by atoms with Crippen LogP contribution >= 0.6 is 11.6 Å². The predicted molar refractivity (Wildman–Crippen MR) is 85.1 cm³/mol. The summed E-state index contributed by atoms with van der Waals surface area (Å²) < 4.78 is 11.3. The zero-order valence-corrected chi connectivity index (χ0v) is 13.5. The van der Waals surface area contributed by atoms with Crippen LogP contribution in [0.1, 0.15) is 27.2 Å². The lowest BCUT2D eigenvalue weighted by Crippen LogP contribution is -2.32. The summed E-state index contributed by atoms with van der Waals surface area (Å²) in [5.41, 5.74) is 0.227. The monoisotopic (exact) mass is 299 g/mol. The van der Waals surface area contributed by atoms with Crippen molar-refractivity contribution in [3.63, 3.8) is 0 Å². The summed E-state index contributed by atoms with van der Waals surface area (Å²) in [5.74, 6) is 2.31. The number of benzene rings is 1. The number of halogens is 1. The third-order valence-corrected chi connectivity index (χ3v) is 3.25. The molecule has 20 heavy (non-hydrogen) atoms. The minimum Gasteiger partial charge on any atom is -0.490 e. The SMILES string of the molecule is CCOc1ccccc1OCCNCC(C)(C)CCCl. The normalized spacial score (nSPS) is 11.4. The molecule has 0 aliphatic heterocycles. The molecule has 0 aromatic heterocycles. The average molecular weight is 300 g/mol. The summed E-state index contributed by atoms with van der Waals surface area (Å²) in [4.78, 5) is 0. The number of hydrogen-bond donors (Lipinski definition) is 1. The first-order valence-electron chi connectivity index (χ1n) is 7.20. The van der Waals surface area contributed by atoms with Gasteiger partial charge in [-0.2, -0.15) is 0 Å². The highest BCUT2D eigenvalue weighted by Gasteiger charge is 2.15. The van der Waals surface area contributed by atoms with E-state index in [9.17, 15) is 0 Å². The summed E-state index contributed by atoms with van der Waals surface area (Å²) in [6.45, 7) is 9.42. The van der Waals surface area contributed by atoms with Crippen molar-refractivity contribution in [1.29, 1.82) is 0 Å². The molecule has 1 rings (SSSR count). The summed E-state index contributed by atoms with van der Waals surface area (Å²) in [6.07, 6.45) is 1.01. The van der Waals surface area contributed by atoms with E-state index in [0.717, 1.165) is 31.0 Å². The van der Waals surface area contributed by atoms with E-state index in [4.69, 9.17) is 21.1 Å². The van der Waals surface area contributed by atoms with Gasteiger partial charge in [0, 0.05) is 19.0 Å². The zero-order valence-electron chi connectivity index (χ0n) is 12.7. The summed E-state index contributed by atoms with van der Waals surface area (Å²) >= 11 is 5.79. The Morgan fingerprint density at radius 3 is 2.40 bits per heavy atom. The van der Waals surface area contributed by atoms with Crippen LogP contribution in [0.2, 0.25) is 0 Å². The van der Waals surface area contributed by atoms with Gasteiger partial charge in [-0.3, -0.25) is 0 Å². The molecule has 0 atom stereocenters. The number of ether oxygens (including phenoxy) is 2. The van der Waals surface area contributed by atoms with Gasteiger partial charge in [0.1, 0.15) is 6.61 Å². The van der Waals surface area contributed by atoms with Gasteiger partial charge >= 0.3 is 0 Å². The van der Waals surface area contributed by atoms with Crippen molar-refractivity contribution in [3.8, 4) is 11.5 Å². The van der Waals surface area contributed by atoms with E-state index >= 15 is 0 Å². The second-order valence-electron chi connectivity index (χ2n) is 5.51. The van der Waals surface area contributed by atoms with Gasteiger partial charge in [-0.25, -0.2) is 0 Å². The van der Waals surface area contributed by atoms with Gasteiger partial charge in [0.25, 0.3) is 0 Å². The van der Waals surface area contributed by atoms with E-state index in [-0.39, 0.29) is 5.41 Å². The Labute approximate surface area is 127 Å². The van der Waals surface area contributed by atoms with Gasteiger partial charge in [0.15, 0.2) is 11.5 Å². The van der Waals surface area contributed by atoms with E-state index in [1.165, 1.54) is 0 Å². The van der Waals surface area contributed by atoms with E-state index in [1.807, 2.05) is 31.2 Å². The molecule has 4 heteroatoms. The van der Waals surface area contributed by atoms with Crippen LogP contribution in [0.5, 0.6) is 11.5 Å². The number of nitrogens with one attached hydrogen (secondary N) is 1. The molecule has 0 saturated heterocycles. The standard InChI is InChI=1S/C16H26ClNO2/c1-4-19-14-7-5-6-8-15(14)20-12-11-18-13-16(2,3)9-10-17/h5-8,18H,4,9-13H2,1-3H3. The molecule has 0 aliphatic carbocycles. The lowest BCUT2D eigenvalue weighted by atomic mass is 9.90. The summed E-state index contributed by atoms with van der Waals surface area (Å²) in [7, 11) is 0. The highest BCUT2D eigenvalue weighted by molar-refractivity contribution is 6.17. The first kappa shape index (κ1) is 17.1. The van der Waals surface area contributed by atoms with Gasteiger partial charge in [-0.15, -0.1) is 11.6 Å². The Balaban J connectivity index is 2.28. The molecule has 0 amide bonds. The maximum Gasteiger partial charge on any atom is 0.161 e. The number of hydrogen-bond acceptors (Lipinski definition) is 3. The maximum absolute atomic E-state index is 5.79. The molecule has 0 radical (unpaired) electrons. The maximum atomic E-state index is 5.79. The van der Waals surface area contributed by atoms with E-state index in [2.05, 4.69) is 19.2 Å². The van der Waals surface area contributed by atoms with Crippen molar-refractivity contribution >= 4 is 11.6 Å². The number of rotatable bonds is 10. The van der Waals surface area contributed by atoms with Crippen LogP contribution in [-0.2, 0) is 0 Å². The molecule has 1 aromatic carbocycles. The second kappa shape index (κ2) is 9.09. The van der Waals surface area contributed by atoms with E-state index < -0.39 is 0 Å². The van der Waals surface area contributed by atoms with Crippen LogP contribution < -0.4 is 14.8 Å². The molecule has 3 nitrogen and oxygen atoms in total. The van der Waals surface area contributed by atoms with Crippen LogP contribution in [0.3, 0.4) is 0 Å². The molecule has 114 valence electrons. The predicted octanol–water partition coefficient (Wildman–Crippen LogP) is 3.71. The molecular weight excluding hydrogens is 274 g/mol. The van der Waals surface area contributed by atoms with E-state index in [0.29, 0.717) is 19.1 Å². The summed E-state index contributed by atoms with van der Waals surface area (Å²) in [5, 5.41) is 3.41. The number of alkyl halides is 1. The molecule has 0 spiro atoms. The van der Waals surface area contributed by atoms with Crippen LogP contribution in [0.4, 0.5) is 0 Å². The van der Waals surface area contributed by atoms with Crippen molar-refractivity contribution < 1.29 is 9.47 Å². The Morgan fingerprint density at radius 2 is 1.80 bits per heavy atom. The van der Waals surface area contributed by atoms with Gasteiger partial charge in [-0.1, -0.05) is 26.0 Å². The number of para-hydroxylation sites is 2. The molecule has 0 saturated carbocycles. The first-order chi connectivity index (χ1) is 9.59. The molecule has 0 aliphatic rings. The Hall–Kier alpha value is -0.930.